The number of amides is 3. The van der Waals surface area contributed by atoms with Crippen molar-refractivity contribution in [3.05, 3.63) is 102 Å². The molecule has 0 bridgehead atoms. The first kappa shape index (κ1) is 32.2. The Balaban J connectivity index is 1.45. The fourth-order valence-corrected chi connectivity index (χ4v) is 5.55. The van der Waals surface area contributed by atoms with Gasteiger partial charge >= 0.3 is 5.97 Å². The molecule has 1 aliphatic rings. The lowest BCUT2D eigenvalue weighted by molar-refractivity contribution is -0.142. The predicted octanol–water partition coefficient (Wildman–Crippen LogP) is 2.48. The van der Waals surface area contributed by atoms with Gasteiger partial charge in [0.25, 0.3) is 0 Å². The van der Waals surface area contributed by atoms with Gasteiger partial charge in [-0.1, -0.05) is 85.6 Å². The number of benzene rings is 3. The van der Waals surface area contributed by atoms with Gasteiger partial charge in [-0.2, -0.15) is 0 Å². The summed E-state index contributed by atoms with van der Waals surface area (Å²) >= 11 is 0. The highest BCUT2D eigenvalue weighted by atomic mass is 16.4. The number of carbonyl (C=O) groups excluding carboxylic acids is 3. The molecule has 4 rings (SSSR count). The van der Waals surface area contributed by atoms with Crippen LogP contribution in [0.1, 0.15) is 42.4 Å². The van der Waals surface area contributed by atoms with Crippen molar-refractivity contribution in [3.8, 4) is 5.75 Å². The Hall–Kier alpha value is -4.70. The van der Waals surface area contributed by atoms with E-state index in [1.807, 2.05) is 36.4 Å². The number of carboxylic acids is 1. The number of aliphatic carboxylic acids is 1. The lowest BCUT2D eigenvalue weighted by Gasteiger charge is -2.33. The smallest absolute Gasteiger partial charge is 0.326 e. The second-order valence-corrected chi connectivity index (χ2v) is 11.3. The monoisotopic (exact) mass is 600 g/mol. The Kier molecular flexibility index (Phi) is 11.5. The quantitative estimate of drug-likeness (QED) is 0.175. The maximum atomic E-state index is 13.7. The fraction of sp³-hybridized carbons (Fsp3) is 0.353. The summed E-state index contributed by atoms with van der Waals surface area (Å²) in [5.41, 5.74) is 8.54. The van der Waals surface area contributed by atoms with E-state index in [0.29, 0.717) is 12.8 Å². The predicted molar refractivity (Wildman–Crippen MR) is 165 cm³/mol. The average molecular weight is 601 g/mol. The largest absolute Gasteiger partial charge is 0.508 e. The van der Waals surface area contributed by atoms with Crippen LogP contribution in [0.2, 0.25) is 0 Å². The summed E-state index contributed by atoms with van der Waals surface area (Å²) in [4.78, 5) is 52.3. The Morgan fingerprint density at radius 3 is 1.84 bits per heavy atom. The van der Waals surface area contributed by atoms with Gasteiger partial charge in [-0.15, -0.1) is 0 Å². The van der Waals surface area contributed by atoms with E-state index in [2.05, 4.69) is 16.0 Å². The molecule has 1 aliphatic carbocycles. The van der Waals surface area contributed by atoms with E-state index in [1.165, 1.54) is 12.1 Å². The van der Waals surface area contributed by atoms with Crippen LogP contribution in [-0.2, 0) is 38.4 Å². The van der Waals surface area contributed by atoms with E-state index < -0.39 is 42.0 Å². The van der Waals surface area contributed by atoms with Gasteiger partial charge in [-0.25, -0.2) is 4.79 Å². The summed E-state index contributed by atoms with van der Waals surface area (Å²) in [6.45, 7) is 0. The second-order valence-electron chi connectivity index (χ2n) is 11.3. The van der Waals surface area contributed by atoms with E-state index in [0.717, 1.165) is 29.5 Å². The van der Waals surface area contributed by atoms with Crippen LogP contribution in [0.5, 0.6) is 5.75 Å². The van der Waals surface area contributed by atoms with Crippen LogP contribution in [0.15, 0.2) is 84.9 Å². The molecule has 0 heterocycles. The number of carbonyl (C=O) groups is 4. The summed E-state index contributed by atoms with van der Waals surface area (Å²) in [7, 11) is 0. The maximum Gasteiger partial charge on any atom is 0.326 e. The number of hydrogen-bond donors (Lipinski definition) is 6. The first-order valence-corrected chi connectivity index (χ1v) is 14.9. The molecule has 3 aromatic rings. The Morgan fingerprint density at radius 2 is 1.25 bits per heavy atom. The highest BCUT2D eigenvalue weighted by Gasteiger charge is 2.35. The van der Waals surface area contributed by atoms with E-state index in [1.54, 1.807) is 36.4 Å². The molecule has 44 heavy (non-hydrogen) atoms. The molecule has 1 fully saturated rings. The van der Waals surface area contributed by atoms with E-state index >= 15 is 0 Å². The zero-order valence-electron chi connectivity index (χ0n) is 24.5. The van der Waals surface area contributed by atoms with Crippen LogP contribution in [0, 0.1) is 5.92 Å². The average Bonchev–Trinajstić information content (AvgIpc) is 3.02. The molecule has 0 saturated heterocycles. The van der Waals surface area contributed by atoms with Crippen molar-refractivity contribution in [1.82, 2.24) is 16.0 Å². The number of phenols is 1. The number of rotatable bonds is 13. The summed E-state index contributed by atoms with van der Waals surface area (Å²) in [6, 6.07) is 21.1. The van der Waals surface area contributed by atoms with Gasteiger partial charge in [-0.3, -0.25) is 14.4 Å². The minimum absolute atomic E-state index is 0.0923. The fourth-order valence-electron chi connectivity index (χ4n) is 5.55. The van der Waals surface area contributed by atoms with Gasteiger partial charge in [0.1, 0.15) is 17.8 Å². The molecule has 1 saturated carbocycles. The first-order chi connectivity index (χ1) is 21.2. The normalized spacial score (nSPS) is 18.3. The number of phenolic OH excluding ortho intramolecular Hbond substituents is 1. The number of nitrogens with one attached hydrogen (secondary N) is 3. The minimum Gasteiger partial charge on any atom is -0.508 e. The molecule has 3 amide bonds. The third kappa shape index (κ3) is 9.40. The van der Waals surface area contributed by atoms with Gasteiger partial charge in [-0.05, 0) is 48.1 Å². The highest BCUT2D eigenvalue weighted by Crippen LogP contribution is 2.25. The molecule has 0 aliphatic heterocycles. The molecule has 3 aromatic carbocycles. The molecular weight excluding hydrogens is 560 g/mol. The molecule has 7 N–H and O–H groups in total. The van der Waals surface area contributed by atoms with Gasteiger partial charge in [0.05, 0.1) is 12.0 Å². The van der Waals surface area contributed by atoms with Crippen LogP contribution in [0.4, 0.5) is 0 Å². The van der Waals surface area contributed by atoms with Crippen molar-refractivity contribution in [2.24, 2.45) is 11.7 Å². The van der Waals surface area contributed by atoms with E-state index in [-0.39, 0.29) is 36.8 Å². The van der Waals surface area contributed by atoms with Crippen molar-refractivity contribution in [2.75, 3.05) is 0 Å². The summed E-state index contributed by atoms with van der Waals surface area (Å²) in [5, 5.41) is 27.8. The molecular formula is C34H40N4O6. The van der Waals surface area contributed by atoms with Gasteiger partial charge < -0.3 is 31.9 Å². The van der Waals surface area contributed by atoms with Crippen LogP contribution < -0.4 is 21.7 Å². The number of aromatic hydroxyl groups is 1. The number of hydrogen-bond acceptors (Lipinski definition) is 6. The number of nitrogens with two attached hydrogens (primary N) is 1. The minimum atomic E-state index is -1.18. The van der Waals surface area contributed by atoms with E-state index in [9.17, 15) is 29.4 Å². The molecule has 0 unspecified atom stereocenters. The lowest BCUT2D eigenvalue weighted by atomic mass is 9.83. The van der Waals surface area contributed by atoms with Crippen LogP contribution in [0.25, 0.3) is 0 Å². The van der Waals surface area contributed by atoms with Crippen LogP contribution in [-0.4, -0.2) is 58.1 Å². The maximum absolute atomic E-state index is 13.7. The molecule has 10 heteroatoms. The van der Waals surface area contributed by atoms with Crippen molar-refractivity contribution in [3.63, 3.8) is 0 Å². The Labute approximate surface area is 257 Å². The molecule has 0 spiro atoms. The lowest BCUT2D eigenvalue weighted by Crippen LogP contribution is -2.57. The Morgan fingerprint density at radius 1 is 0.705 bits per heavy atom. The zero-order valence-corrected chi connectivity index (χ0v) is 24.5. The first-order valence-electron chi connectivity index (χ1n) is 14.9. The van der Waals surface area contributed by atoms with Crippen LogP contribution in [0.3, 0.4) is 0 Å². The van der Waals surface area contributed by atoms with Crippen molar-refractivity contribution in [2.45, 2.75) is 69.1 Å². The summed E-state index contributed by atoms with van der Waals surface area (Å²) in [6.07, 6.45) is 3.25. The van der Waals surface area contributed by atoms with Crippen LogP contribution >= 0.6 is 0 Å². The zero-order chi connectivity index (χ0) is 31.5. The molecule has 232 valence electrons. The summed E-state index contributed by atoms with van der Waals surface area (Å²) in [5.74, 6) is -3.00. The third-order valence-corrected chi connectivity index (χ3v) is 7.97. The van der Waals surface area contributed by atoms with E-state index in [4.69, 9.17) is 5.73 Å². The number of carboxylic acid groups (broad SMARTS) is 1. The summed E-state index contributed by atoms with van der Waals surface area (Å²) < 4.78 is 0. The molecule has 10 nitrogen and oxygen atoms in total. The Bertz CT molecular complexity index is 1400. The van der Waals surface area contributed by atoms with Gasteiger partial charge in [0.2, 0.25) is 17.7 Å². The second kappa shape index (κ2) is 15.7. The standard InChI is InChI=1S/C34H40N4O6/c35-27(19-24-15-17-25(39)18-16-24)32(41)36-28-14-8-7-13-26(28)31(40)37-29(20-22-9-3-1-4-10-22)33(42)38-30(34(43)44)21-23-11-5-2-6-12-23/h1-6,9-12,15-18,26-30,39H,7-8,13-14,19-21,35H2,(H,36,41)(H,37,40)(H,38,42)(H,43,44)/t26-,27+,28+,29+,30+/m1/s1. The van der Waals surface area contributed by atoms with Gasteiger partial charge in [0, 0.05) is 18.9 Å². The van der Waals surface area contributed by atoms with Crippen molar-refractivity contribution in [1.29, 1.82) is 0 Å². The SMILES string of the molecule is N[C@@H](Cc1ccc(O)cc1)C(=O)N[C@H]1CCCC[C@H]1C(=O)N[C@@H](Cc1ccccc1)C(=O)N[C@@H](Cc1ccccc1)C(=O)O. The molecule has 0 aromatic heterocycles. The molecule has 5 atom stereocenters. The topological polar surface area (TPSA) is 171 Å². The molecule has 0 radical (unpaired) electrons. The highest BCUT2D eigenvalue weighted by molar-refractivity contribution is 5.92. The van der Waals surface area contributed by atoms with Crippen molar-refractivity contribution < 1.29 is 29.4 Å². The van der Waals surface area contributed by atoms with Gasteiger partial charge in [0.15, 0.2) is 0 Å². The third-order valence-electron chi connectivity index (χ3n) is 7.97. The van der Waals surface area contributed by atoms with Crippen molar-refractivity contribution >= 4 is 23.7 Å².